The molecule has 0 heterocycles. The first-order valence-electron chi connectivity index (χ1n) is 17.0. The number of fused-ring (bicyclic) bond motifs is 5. The van der Waals surface area contributed by atoms with Crippen LogP contribution in [0.1, 0.15) is 89.7 Å². The maximum Gasteiger partial charge on any atom is 0.332 e. The van der Waals surface area contributed by atoms with Crippen LogP contribution in [0.25, 0.3) is 0 Å². The van der Waals surface area contributed by atoms with Crippen LogP contribution in [0.5, 0.6) is 5.75 Å². The van der Waals surface area contributed by atoms with Crippen molar-refractivity contribution in [3.05, 3.63) is 29.3 Å². The van der Waals surface area contributed by atoms with Crippen molar-refractivity contribution in [3.8, 4) is 5.75 Å². The quantitative estimate of drug-likeness (QED) is 0.0988. The van der Waals surface area contributed by atoms with Gasteiger partial charge in [-0.25, -0.2) is 4.79 Å². The second kappa shape index (κ2) is 17.4. The molecule has 2 saturated carbocycles. The molecule has 0 bridgehead atoms. The number of methoxy groups -OCH3 is 2. The van der Waals surface area contributed by atoms with Crippen LogP contribution in [-0.4, -0.2) is 85.1 Å². The Kier molecular flexibility index (Phi) is 14.0. The number of hydrogen-bond donors (Lipinski definition) is 0. The molecule has 3 aliphatic rings. The molecule has 0 saturated heterocycles. The van der Waals surface area contributed by atoms with Gasteiger partial charge in [-0.3, -0.25) is 0 Å². The summed E-state index contributed by atoms with van der Waals surface area (Å²) in [4.78, 5) is 11.7. The van der Waals surface area contributed by atoms with Gasteiger partial charge in [-0.15, -0.1) is 0 Å². The summed E-state index contributed by atoms with van der Waals surface area (Å²) in [7, 11) is 3.37. The zero-order valence-corrected chi connectivity index (χ0v) is 28.6. The lowest BCUT2D eigenvalue weighted by atomic mass is 9.52. The van der Waals surface area contributed by atoms with E-state index in [1.54, 1.807) is 14.2 Å². The van der Waals surface area contributed by atoms with Gasteiger partial charge in [-0.05, 0) is 118 Å². The van der Waals surface area contributed by atoms with E-state index in [0.717, 1.165) is 38.0 Å². The summed E-state index contributed by atoms with van der Waals surface area (Å²) in [5.41, 5.74) is 2.69. The molecule has 3 aliphatic carbocycles. The van der Waals surface area contributed by atoms with Crippen molar-refractivity contribution < 1.29 is 42.7 Å². The van der Waals surface area contributed by atoms with Crippen LogP contribution in [0.2, 0.25) is 0 Å². The number of esters is 1. The highest BCUT2D eigenvalue weighted by Crippen LogP contribution is 2.63. The van der Waals surface area contributed by atoms with Crippen molar-refractivity contribution in [1.29, 1.82) is 0 Å². The molecule has 45 heavy (non-hydrogen) atoms. The Bertz CT molecular complexity index is 1040. The fraction of sp³-hybridized carbons (Fsp3) is 0.806. The Morgan fingerprint density at radius 1 is 0.911 bits per heavy atom. The molecule has 1 aromatic carbocycles. The lowest BCUT2D eigenvalue weighted by Gasteiger charge is -2.53. The molecule has 0 spiro atoms. The summed E-state index contributed by atoms with van der Waals surface area (Å²) < 4.78 is 44.6. The zero-order valence-electron chi connectivity index (χ0n) is 28.6. The van der Waals surface area contributed by atoms with E-state index in [1.807, 2.05) is 20.8 Å². The zero-order chi connectivity index (χ0) is 32.3. The lowest BCUT2D eigenvalue weighted by molar-refractivity contribution is -0.160. The number of unbranched alkanes of at least 4 members (excludes halogenated alkanes) is 1. The third kappa shape index (κ3) is 10.1. The first kappa shape index (κ1) is 36.1. The van der Waals surface area contributed by atoms with Gasteiger partial charge >= 0.3 is 5.97 Å². The maximum atomic E-state index is 11.7. The van der Waals surface area contributed by atoms with Crippen LogP contribution >= 0.6 is 0 Å². The van der Waals surface area contributed by atoms with Crippen LogP contribution in [0.4, 0.5) is 0 Å². The fourth-order valence-corrected chi connectivity index (χ4v) is 8.22. The highest BCUT2D eigenvalue weighted by atomic mass is 16.7. The van der Waals surface area contributed by atoms with Gasteiger partial charge in [0.25, 0.3) is 0 Å². The van der Waals surface area contributed by atoms with E-state index in [0.29, 0.717) is 56.9 Å². The van der Waals surface area contributed by atoms with Gasteiger partial charge in [-0.2, -0.15) is 0 Å². The van der Waals surface area contributed by atoms with Crippen molar-refractivity contribution in [1.82, 2.24) is 0 Å². The molecule has 0 radical (unpaired) electrons. The molecule has 9 nitrogen and oxygen atoms in total. The topological polar surface area (TPSA) is 90.9 Å². The van der Waals surface area contributed by atoms with E-state index < -0.39 is 5.60 Å². The summed E-state index contributed by atoms with van der Waals surface area (Å²) in [6, 6.07) is 6.71. The van der Waals surface area contributed by atoms with Gasteiger partial charge in [0, 0.05) is 20.8 Å². The molecule has 0 amide bonds. The van der Waals surface area contributed by atoms with Gasteiger partial charge in [0.2, 0.25) is 0 Å². The number of hydrogen-bond acceptors (Lipinski definition) is 9. The van der Waals surface area contributed by atoms with E-state index in [2.05, 4.69) is 25.1 Å². The molecule has 2 fully saturated rings. The van der Waals surface area contributed by atoms with Crippen LogP contribution in [-0.2, 0) is 44.4 Å². The molecule has 6 unspecified atom stereocenters. The fourth-order valence-electron chi connectivity index (χ4n) is 8.22. The van der Waals surface area contributed by atoms with Crippen LogP contribution < -0.4 is 4.74 Å². The maximum absolute atomic E-state index is 11.7. The predicted octanol–water partition coefficient (Wildman–Crippen LogP) is 6.30. The van der Waals surface area contributed by atoms with Crippen LogP contribution in [0.3, 0.4) is 0 Å². The summed E-state index contributed by atoms with van der Waals surface area (Å²) in [5, 5.41) is 0. The van der Waals surface area contributed by atoms with Crippen molar-refractivity contribution in [3.63, 3.8) is 0 Å². The Morgan fingerprint density at radius 2 is 1.64 bits per heavy atom. The van der Waals surface area contributed by atoms with Crippen molar-refractivity contribution in [2.24, 2.45) is 23.2 Å². The molecule has 4 rings (SSSR count). The molecule has 0 aromatic heterocycles. The van der Waals surface area contributed by atoms with Gasteiger partial charge in [-0.1, -0.05) is 19.4 Å². The average molecular weight is 635 g/mol. The van der Waals surface area contributed by atoms with E-state index in [4.69, 9.17) is 37.9 Å². The summed E-state index contributed by atoms with van der Waals surface area (Å²) in [6.45, 7) is 11.2. The summed E-state index contributed by atoms with van der Waals surface area (Å²) in [5.74, 6) is 3.10. The third-order valence-corrected chi connectivity index (χ3v) is 10.0. The summed E-state index contributed by atoms with van der Waals surface area (Å²) >= 11 is 0. The Labute approximate surface area is 270 Å². The van der Waals surface area contributed by atoms with E-state index in [1.165, 1.54) is 36.8 Å². The predicted molar refractivity (Wildman–Crippen MR) is 171 cm³/mol. The standard InChI is InChI=1S/C36H58O9/c1-35(2,3)45-33(37)23-42-20-19-41-18-17-40-16-8-7-9-26-21-27-22-28(43-24-38-5)10-11-29(27)30-14-15-36(4)31(34(26)30)12-13-32(36)44-25-39-6/h10-11,22,26,30-32,34H,7-9,12-21,23-25H2,1-6H3. The van der Waals surface area contributed by atoms with Gasteiger partial charge in [0.15, 0.2) is 6.79 Å². The minimum Gasteiger partial charge on any atom is -0.468 e. The second-order valence-corrected chi connectivity index (χ2v) is 14.2. The minimum absolute atomic E-state index is 0.0593. The van der Waals surface area contributed by atoms with E-state index in [-0.39, 0.29) is 30.9 Å². The smallest absolute Gasteiger partial charge is 0.332 e. The van der Waals surface area contributed by atoms with Gasteiger partial charge in [0.1, 0.15) is 24.8 Å². The molecule has 256 valence electrons. The first-order chi connectivity index (χ1) is 21.7. The molecular weight excluding hydrogens is 576 g/mol. The van der Waals surface area contributed by atoms with Crippen LogP contribution in [0, 0.1) is 23.2 Å². The first-order valence-corrected chi connectivity index (χ1v) is 17.0. The largest absolute Gasteiger partial charge is 0.468 e. The number of ether oxygens (including phenoxy) is 8. The number of carbonyl (C=O) groups excluding carboxylic acids is 1. The number of rotatable bonds is 19. The van der Waals surface area contributed by atoms with Crippen LogP contribution in [0.15, 0.2) is 18.2 Å². The van der Waals surface area contributed by atoms with Crippen molar-refractivity contribution >= 4 is 5.97 Å². The Balaban J connectivity index is 1.23. The highest BCUT2D eigenvalue weighted by Gasteiger charge is 2.57. The lowest BCUT2D eigenvalue weighted by Crippen LogP contribution is -2.47. The molecule has 1 aromatic rings. The van der Waals surface area contributed by atoms with E-state index >= 15 is 0 Å². The molecule has 0 aliphatic heterocycles. The van der Waals surface area contributed by atoms with Crippen molar-refractivity contribution in [2.75, 3.05) is 67.4 Å². The minimum atomic E-state index is -0.501. The molecule has 9 heteroatoms. The summed E-state index contributed by atoms with van der Waals surface area (Å²) in [6.07, 6.45) is 9.55. The van der Waals surface area contributed by atoms with E-state index in [9.17, 15) is 4.79 Å². The molecule has 0 N–H and O–H groups in total. The van der Waals surface area contributed by atoms with Gasteiger partial charge < -0.3 is 37.9 Å². The van der Waals surface area contributed by atoms with Gasteiger partial charge in [0.05, 0.1) is 32.5 Å². The Morgan fingerprint density at radius 3 is 2.38 bits per heavy atom. The average Bonchev–Trinajstić information content (AvgIpc) is 3.34. The Hall–Kier alpha value is -1.75. The monoisotopic (exact) mass is 634 g/mol. The van der Waals surface area contributed by atoms with Crippen molar-refractivity contribution in [2.45, 2.75) is 96.7 Å². The highest BCUT2D eigenvalue weighted by molar-refractivity contribution is 5.71. The number of benzene rings is 1. The second-order valence-electron chi connectivity index (χ2n) is 14.2. The third-order valence-electron chi connectivity index (χ3n) is 10.0. The SMILES string of the molecule is COCOc1ccc2c(c1)CC(CCCCOCCOCCOCC(=O)OC(C)(C)C)C1C2CCC2(C)C(OCOC)CCC12. The molecule has 6 atom stereocenters. The normalized spacial score (nSPS) is 27.5. The number of carbonyl (C=O) groups is 1. The molecular formula is C36H58O9.